The Balaban J connectivity index is 0.000000217. The van der Waals surface area contributed by atoms with E-state index >= 15 is 0 Å². The number of halogens is 7. The molecular weight excluding hydrogens is 528 g/mol. The van der Waals surface area contributed by atoms with Crippen LogP contribution in [0.15, 0.2) is 58.1 Å². The van der Waals surface area contributed by atoms with Crippen molar-refractivity contribution in [2.75, 3.05) is 5.73 Å². The minimum atomic E-state index is -4.40. The highest BCUT2D eigenvalue weighted by atomic mass is 35.5. The van der Waals surface area contributed by atoms with Crippen molar-refractivity contribution in [1.82, 2.24) is 20.3 Å². The summed E-state index contributed by atoms with van der Waals surface area (Å²) in [5.41, 5.74) is 6.05. The summed E-state index contributed by atoms with van der Waals surface area (Å²) >= 11 is 5.35. The molecule has 2 N–H and O–H groups in total. The Morgan fingerprint density at radius 1 is 0.784 bits per heavy atom. The first-order chi connectivity index (χ1) is 17.3. The largest absolute Gasteiger partial charge is 0.433 e. The van der Waals surface area contributed by atoms with Gasteiger partial charge in [0.15, 0.2) is 5.76 Å². The SMILES string of the molecule is Cc1oncc1CCc1ccnc(C(F)(F)F)c1.Cc1oncc1N.FC(F)(F)c1cc(CCl)ccn1. The zero-order chi connectivity index (χ0) is 27.6. The molecule has 0 aliphatic rings. The molecule has 4 aromatic rings. The van der Waals surface area contributed by atoms with Gasteiger partial charge in [-0.2, -0.15) is 26.3 Å². The summed E-state index contributed by atoms with van der Waals surface area (Å²) in [6.07, 6.45) is -2.36. The lowest BCUT2D eigenvalue weighted by Gasteiger charge is -2.07. The van der Waals surface area contributed by atoms with Gasteiger partial charge in [-0.15, -0.1) is 11.6 Å². The van der Waals surface area contributed by atoms with Crippen LogP contribution in [0.4, 0.5) is 32.0 Å². The van der Waals surface area contributed by atoms with Crippen molar-refractivity contribution < 1.29 is 35.4 Å². The van der Waals surface area contributed by atoms with Gasteiger partial charge < -0.3 is 14.8 Å². The number of hydrogen-bond acceptors (Lipinski definition) is 7. The average molecular weight is 550 g/mol. The smallest absolute Gasteiger partial charge is 0.395 e. The summed E-state index contributed by atoms with van der Waals surface area (Å²) in [5, 5.41) is 7.04. The van der Waals surface area contributed by atoms with Gasteiger partial charge in [0.1, 0.15) is 17.1 Å². The standard InChI is InChI=1S/C12H11F3N2O.C7H5ClF3N.C4H6N2O/c1-8-10(7-17-18-8)3-2-9-4-5-16-11(6-9)12(13,14)15;8-4-5-1-2-12-6(3-5)7(9,10)11;1-3-4(5)2-6-7-3/h4-7H,2-3H2,1H3;1-3H,4H2;2H,5H2,1H3. The monoisotopic (exact) mass is 549 g/mol. The number of hydrogen-bond donors (Lipinski definition) is 1. The summed E-state index contributed by atoms with van der Waals surface area (Å²) in [4.78, 5) is 6.49. The third kappa shape index (κ3) is 9.75. The van der Waals surface area contributed by atoms with E-state index in [2.05, 4.69) is 24.8 Å². The molecule has 4 heterocycles. The molecule has 0 saturated heterocycles. The first-order valence-electron chi connectivity index (χ1n) is 10.5. The van der Waals surface area contributed by atoms with E-state index in [-0.39, 0.29) is 5.88 Å². The van der Waals surface area contributed by atoms with Crippen molar-refractivity contribution in [2.24, 2.45) is 0 Å². The highest BCUT2D eigenvalue weighted by Gasteiger charge is 2.33. The van der Waals surface area contributed by atoms with Crippen LogP contribution in [-0.2, 0) is 31.1 Å². The van der Waals surface area contributed by atoms with Gasteiger partial charge in [0.2, 0.25) is 0 Å². The lowest BCUT2D eigenvalue weighted by Crippen LogP contribution is -2.08. The van der Waals surface area contributed by atoms with Crippen molar-refractivity contribution in [3.8, 4) is 0 Å². The molecule has 0 unspecified atom stereocenters. The predicted octanol–water partition coefficient (Wildman–Crippen LogP) is 6.59. The molecule has 4 aromatic heterocycles. The molecule has 0 fully saturated rings. The fourth-order valence-corrected chi connectivity index (χ4v) is 2.81. The molecule has 200 valence electrons. The summed E-state index contributed by atoms with van der Waals surface area (Å²) < 4.78 is 82.8. The van der Waals surface area contributed by atoms with Crippen LogP contribution in [0, 0.1) is 13.8 Å². The maximum Gasteiger partial charge on any atom is 0.433 e. The van der Waals surface area contributed by atoms with Crippen molar-refractivity contribution >= 4 is 17.3 Å². The molecule has 0 spiro atoms. The maximum absolute atomic E-state index is 12.5. The minimum absolute atomic E-state index is 0.0611. The normalized spacial score (nSPS) is 11.3. The van der Waals surface area contributed by atoms with Crippen LogP contribution < -0.4 is 5.73 Å². The van der Waals surface area contributed by atoms with E-state index in [1.165, 1.54) is 18.5 Å². The van der Waals surface area contributed by atoms with Gasteiger partial charge in [-0.3, -0.25) is 9.97 Å². The molecule has 0 amide bonds. The second-order valence-electron chi connectivity index (χ2n) is 7.47. The fourth-order valence-electron chi connectivity index (χ4n) is 2.64. The van der Waals surface area contributed by atoms with Crippen LogP contribution in [0.3, 0.4) is 0 Å². The Labute approximate surface area is 212 Å². The van der Waals surface area contributed by atoms with E-state index in [1.54, 1.807) is 26.1 Å². The van der Waals surface area contributed by atoms with Crippen LogP contribution in [-0.4, -0.2) is 20.3 Å². The number of aromatic nitrogens is 4. The Morgan fingerprint density at radius 3 is 1.70 bits per heavy atom. The number of alkyl halides is 7. The van der Waals surface area contributed by atoms with E-state index in [0.717, 1.165) is 23.9 Å². The van der Waals surface area contributed by atoms with Crippen LogP contribution in [0.1, 0.15) is 39.6 Å². The van der Waals surface area contributed by atoms with Crippen LogP contribution >= 0.6 is 11.6 Å². The molecule has 0 atom stereocenters. The van der Waals surface area contributed by atoms with Crippen molar-refractivity contribution in [2.45, 2.75) is 44.9 Å². The lowest BCUT2D eigenvalue weighted by atomic mass is 10.1. The van der Waals surface area contributed by atoms with Gasteiger partial charge in [-0.25, -0.2) is 0 Å². The van der Waals surface area contributed by atoms with E-state index in [0.29, 0.717) is 41.2 Å². The van der Waals surface area contributed by atoms with Crippen LogP contribution in [0.25, 0.3) is 0 Å². The third-order valence-corrected chi connectivity index (χ3v) is 5.01. The third-order valence-electron chi connectivity index (χ3n) is 4.71. The average Bonchev–Trinajstić information content (AvgIpc) is 3.44. The van der Waals surface area contributed by atoms with Crippen molar-refractivity contribution in [1.29, 1.82) is 0 Å². The number of nitrogen functional groups attached to an aromatic ring is 1. The van der Waals surface area contributed by atoms with Gasteiger partial charge in [0, 0.05) is 23.8 Å². The van der Waals surface area contributed by atoms with Crippen molar-refractivity contribution in [3.63, 3.8) is 0 Å². The molecule has 0 aliphatic heterocycles. The molecule has 0 saturated carbocycles. The minimum Gasteiger partial charge on any atom is -0.395 e. The second-order valence-corrected chi connectivity index (χ2v) is 7.74. The maximum atomic E-state index is 12.5. The number of nitrogens with two attached hydrogens (primary N) is 1. The number of rotatable bonds is 4. The summed E-state index contributed by atoms with van der Waals surface area (Å²) in [6, 6.07) is 5.04. The van der Waals surface area contributed by atoms with Crippen molar-refractivity contribution in [3.05, 3.63) is 88.7 Å². The van der Waals surface area contributed by atoms with Gasteiger partial charge >= 0.3 is 12.4 Å². The zero-order valence-corrected chi connectivity index (χ0v) is 20.3. The topological polar surface area (TPSA) is 104 Å². The van der Waals surface area contributed by atoms with E-state index in [9.17, 15) is 26.3 Å². The first kappa shape index (κ1) is 29.6. The number of aryl methyl sites for hydroxylation is 4. The summed E-state index contributed by atoms with van der Waals surface area (Å²) in [6.45, 7) is 3.54. The van der Waals surface area contributed by atoms with E-state index in [4.69, 9.17) is 21.9 Å². The molecule has 4 rings (SSSR count). The Morgan fingerprint density at radius 2 is 1.30 bits per heavy atom. The van der Waals surface area contributed by atoms with Crippen LogP contribution in [0.2, 0.25) is 0 Å². The number of pyridine rings is 2. The molecule has 0 bridgehead atoms. The van der Waals surface area contributed by atoms with E-state index < -0.39 is 23.7 Å². The molecule has 0 aromatic carbocycles. The van der Waals surface area contributed by atoms with Crippen LogP contribution in [0.5, 0.6) is 0 Å². The Kier molecular flexibility index (Phi) is 10.5. The van der Waals surface area contributed by atoms with E-state index in [1.807, 2.05) is 0 Å². The molecule has 0 aliphatic carbocycles. The molecular formula is C23H22ClF6N5O2. The Bertz CT molecular complexity index is 1240. The number of anilines is 1. The predicted molar refractivity (Wildman–Crippen MR) is 122 cm³/mol. The zero-order valence-electron chi connectivity index (χ0n) is 19.6. The summed E-state index contributed by atoms with van der Waals surface area (Å²) in [5.74, 6) is 1.44. The van der Waals surface area contributed by atoms with Gasteiger partial charge in [0.25, 0.3) is 0 Å². The van der Waals surface area contributed by atoms with Gasteiger partial charge in [-0.05, 0) is 62.1 Å². The summed E-state index contributed by atoms with van der Waals surface area (Å²) in [7, 11) is 0. The highest BCUT2D eigenvalue weighted by Crippen LogP contribution is 2.28. The lowest BCUT2D eigenvalue weighted by molar-refractivity contribution is -0.142. The molecule has 0 radical (unpaired) electrons. The van der Waals surface area contributed by atoms with Gasteiger partial charge in [-0.1, -0.05) is 10.3 Å². The molecule has 7 nitrogen and oxygen atoms in total. The molecule has 37 heavy (non-hydrogen) atoms. The second kappa shape index (κ2) is 13.1. The quantitative estimate of drug-likeness (QED) is 0.226. The number of nitrogens with zero attached hydrogens (tertiary/aromatic N) is 4. The fraction of sp³-hybridized carbons (Fsp3) is 0.304. The highest BCUT2D eigenvalue weighted by molar-refractivity contribution is 6.17. The Hall–Kier alpha value is -3.61. The van der Waals surface area contributed by atoms with Gasteiger partial charge in [0.05, 0.1) is 18.1 Å². The first-order valence-corrected chi connectivity index (χ1v) is 11.0. The molecule has 14 heteroatoms.